The molecule has 94 valence electrons. The van der Waals surface area contributed by atoms with Crippen molar-refractivity contribution >= 4 is 0 Å². The fourth-order valence-electron chi connectivity index (χ4n) is 2.06. The Balaban J connectivity index is 1.45. The summed E-state index contributed by atoms with van der Waals surface area (Å²) in [7, 11) is 0. The normalized spacial score (nSPS) is 35.2. The van der Waals surface area contributed by atoms with E-state index in [4.69, 9.17) is 9.47 Å². The van der Waals surface area contributed by atoms with Crippen LogP contribution in [-0.4, -0.2) is 49.7 Å². The summed E-state index contributed by atoms with van der Waals surface area (Å²) in [6, 6.07) is 0.618. The standard InChI is InChI=1S/C12H23NO3/c1-9-5-12(9)13-6-10(14)7-15-8-11-3-2-4-16-11/h9-14H,2-8H2,1H3. The summed E-state index contributed by atoms with van der Waals surface area (Å²) in [5, 5.41) is 13.0. The van der Waals surface area contributed by atoms with Crippen molar-refractivity contribution in [3.8, 4) is 0 Å². The number of nitrogens with one attached hydrogen (secondary N) is 1. The van der Waals surface area contributed by atoms with Crippen LogP contribution in [0.5, 0.6) is 0 Å². The van der Waals surface area contributed by atoms with Gasteiger partial charge in [0.15, 0.2) is 0 Å². The topological polar surface area (TPSA) is 50.7 Å². The summed E-state index contributed by atoms with van der Waals surface area (Å²) >= 11 is 0. The molecule has 0 spiro atoms. The van der Waals surface area contributed by atoms with Gasteiger partial charge in [-0.05, 0) is 25.2 Å². The SMILES string of the molecule is CC1CC1NCC(O)COCC1CCCO1. The van der Waals surface area contributed by atoms with E-state index in [9.17, 15) is 5.11 Å². The molecule has 4 unspecified atom stereocenters. The molecule has 2 N–H and O–H groups in total. The van der Waals surface area contributed by atoms with Gasteiger partial charge in [0.2, 0.25) is 0 Å². The lowest BCUT2D eigenvalue weighted by atomic mass is 10.2. The maximum absolute atomic E-state index is 9.66. The first-order valence-corrected chi connectivity index (χ1v) is 6.36. The van der Waals surface area contributed by atoms with Crippen molar-refractivity contribution in [2.75, 3.05) is 26.4 Å². The Hall–Kier alpha value is -0.160. The highest BCUT2D eigenvalue weighted by atomic mass is 16.5. The van der Waals surface area contributed by atoms with Gasteiger partial charge in [-0.3, -0.25) is 0 Å². The van der Waals surface area contributed by atoms with Crippen molar-refractivity contribution in [3.05, 3.63) is 0 Å². The van der Waals surface area contributed by atoms with Crippen LogP contribution in [0.15, 0.2) is 0 Å². The third kappa shape index (κ3) is 4.01. The summed E-state index contributed by atoms with van der Waals surface area (Å²) in [5.41, 5.74) is 0. The van der Waals surface area contributed by atoms with E-state index in [2.05, 4.69) is 12.2 Å². The molecule has 1 aliphatic carbocycles. The van der Waals surface area contributed by atoms with Crippen molar-refractivity contribution in [2.24, 2.45) is 5.92 Å². The molecule has 1 saturated heterocycles. The molecular weight excluding hydrogens is 206 g/mol. The summed E-state index contributed by atoms with van der Waals surface area (Å²) in [5.74, 6) is 0.778. The van der Waals surface area contributed by atoms with Crippen LogP contribution in [0.4, 0.5) is 0 Å². The zero-order valence-electron chi connectivity index (χ0n) is 10.0. The number of hydrogen-bond acceptors (Lipinski definition) is 4. The van der Waals surface area contributed by atoms with Crippen LogP contribution in [0.1, 0.15) is 26.2 Å². The van der Waals surface area contributed by atoms with Crippen LogP contribution >= 0.6 is 0 Å². The smallest absolute Gasteiger partial charge is 0.0897 e. The van der Waals surface area contributed by atoms with Crippen molar-refractivity contribution in [1.82, 2.24) is 5.32 Å². The molecule has 0 aromatic rings. The van der Waals surface area contributed by atoms with Crippen molar-refractivity contribution in [2.45, 2.75) is 44.4 Å². The Morgan fingerprint density at radius 3 is 3.00 bits per heavy atom. The summed E-state index contributed by atoms with van der Waals surface area (Å²) in [6.07, 6.45) is 3.33. The second-order valence-electron chi connectivity index (χ2n) is 5.05. The maximum Gasteiger partial charge on any atom is 0.0897 e. The van der Waals surface area contributed by atoms with Crippen molar-refractivity contribution < 1.29 is 14.6 Å². The third-order valence-corrected chi connectivity index (χ3v) is 3.36. The molecule has 0 radical (unpaired) electrons. The molecule has 1 heterocycles. The van der Waals surface area contributed by atoms with Crippen molar-refractivity contribution in [3.63, 3.8) is 0 Å². The number of aliphatic hydroxyl groups excluding tert-OH is 1. The van der Waals surface area contributed by atoms with Gasteiger partial charge in [-0.25, -0.2) is 0 Å². The predicted octanol–water partition coefficient (Wildman–Crippen LogP) is 0.541. The highest BCUT2D eigenvalue weighted by Crippen LogP contribution is 2.28. The Kier molecular flexibility index (Phi) is 4.58. The van der Waals surface area contributed by atoms with E-state index in [1.165, 1.54) is 6.42 Å². The van der Waals surface area contributed by atoms with Gasteiger partial charge in [0.05, 0.1) is 25.4 Å². The average Bonchev–Trinajstić information content (AvgIpc) is 2.77. The van der Waals surface area contributed by atoms with Crippen LogP contribution < -0.4 is 5.32 Å². The lowest BCUT2D eigenvalue weighted by Gasteiger charge is -2.14. The van der Waals surface area contributed by atoms with Gasteiger partial charge < -0.3 is 19.9 Å². The summed E-state index contributed by atoms with van der Waals surface area (Å²) < 4.78 is 10.9. The van der Waals surface area contributed by atoms with E-state index in [0.717, 1.165) is 25.4 Å². The molecule has 1 aliphatic heterocycles. The van der Waals surface area contributed by atoms with Gasteiger partial charge in [-0.2, -0.15) is 0 Å². The van der Waals surface area contributed by atoms with E-state index in [-0.39, 0.29) is 6.10 Å². The second-order valence-corrected chi connectivity index (χ2v) is 5.05. The van der Waals surface area contributed by atoms with Gasteiger partial charge in [-0.1, -0.05) is 6.92 Å². The Morgan fingerprint density at radius 1 is 1.56 bits per heavy atom. The lowest BCUT2D eigenvalue weighted by Crippen LogP contribution is -2.33. The van der Waals surface area contributed by atoms with E-state index in [0.29, 0.717) is 25.8 Å². The Bertz CT molecular complexity index is 206. The highest BCUT2D eigenvalue weighted by molar-refractivity contribution is 4.89. The fraction of sp³-hybridized carbons (Fsp3) is 1.00. The van der Waals surface area contributed by atoms with Crippen LogP contribution in [0.3, 0.4) is 0 Å². The number of aliphatic hydroxyl groups is 1. The van der Waals surface area contributed by atoms with Crippen LogP contribution in [0.2, 0.25) is 0 Å². The first-order valence-electron chi connectivity index (χ1n) is 6.36. The third-order valence-electron chi connectivity index (χ3n) is 3.36. The Morgan fingerprint density at radius 2 is 2.38 bits per heavy atom. The number of rotatable bonds is 7. The molecule has 2 fully saturated rings. The fourth-order valence-corrected chi connectivity index (χ4v) is 2.06. The van der Waals surface area contributed by atoms with Crippen LogP contribution in [-0.2, 0) is 9.47 Å². The predicted molar refractivity (Wildman–Crippen MR) is 61.4 cm³/mol. The average molecular weight is 229 g/mol. The van der Waals surface area contributed by atoms with Gasteiger partial charge >= 0.3 is 0 Å². The molecule has 0 bridgehead atoms. The molecule has 16 heavy (non-hydrogen) atoms. The van der Waals surface area contributed by atoms with Crippen LogP contribution in [0.25, 0.3) is 0 Å². The first-order chi connectivity index (χ1) is 7.75. The zero-order chi connectivity index (χ0) is 11.4. The molecule has 0 amide bonds. The van der Waals surface area contributed by atoms with Gasteiger partial charge in [0.1, 0.15) is 0 Å². The molecule has 2 aliphatic rings. The van der Waals surface area contributed by atoms with Gasteiger partial charge in [-0.15, -0.1) is 0 Å². The maximum atomic E-state index is 9.66. The Labute approximate surface area is 97.3 Å². The van der Waals surface area contributed by atoms with E-state index < -0.39 is 6.10 Å². The largest absolute Gasteiger partial charge is 0.389 e. The molecule has 4 heteroatoms. The molecule has 4 atom stereocenters. The molecule has 4 nitrogen and oxygen atoms in total. The summed E-state index contributed by atoms with van der Waals surface area (Å²) in [6.45, 7) is 4.75. The minimum atomic E-state index is -0.394. The van der Waals surface area contributed by atoms with E-state index in [1.54, 1.807) is 0 Å². The summed E-state index contributed by atoms with van der Waals surface area (Å²) in [4.78, 5) is 0. The molecule has 0 aromatic carbocycles. The molecular formula is C12H23NO3. The second kappa shape index (κ2) is 5.96. The minimum Gasteiger partial charge on any atom is -0.389 e. The molecule has 2 rings (SSSR count). The lowest BCUT2D eigenvalue weighted by molar-refractivity contribution is -0.0165. The quantitative estimate of drug-likeness (QED) is 0.669. The monoisotopic (exact) mass is 229 g/mol. The molecule has 1 saturated carbocycles. The zero-order valence-corrected chi connectivity index (χ0v) is 10.0. The minimum absolute atomic E-state index is 0.253. The van der Waals surface area contributed by atoms with E-state index >= 15 is 0 Å². The van der Waals surface area contributed by atoms with Crippen LogP contribution in [0, 0.1) is 5.92 Å². The van der Waals surface area contributed by atoms with Crippen molar-refractivity contribution in [1.29, 1.82) is 0 Å². The molecule has 0 aromatic heterocycles. The number of ether oxygens (including phenoxy) is 2. The van der Waals surface area contributed by atoms with Gasteiger partial charge in [0.25, 0.3) is 0 Å². The van der Waals surface area contributed by atoms with E-state index in [1.807, 2.05) is 0 Å². The first kappa shape index (κ1) is 12.3. The number of hydrogen-bond donors (Lipinski definition) is 2. The van der Waals surface area contributed by atoms with Gasteiger partial charge in [0, 0.05) is 19.2 Å². The highest BCUT2D eigenvalue weighted by Gasteiger charge is 2.32.